The zero-order chi connectivity index (χ0) is 22.3. The van der Waals surface area contributed by atoms with Crippen LogP contribution in [0.1, 0.15) is 31.2 Å². The van der Waals surface area contributed by atoms with Crippen LogP contribution in [0.15, 0.2) is 70.7 Å². The number of para-hydroxylation sites is 2. The van der Waals surface area contributed by atoms with Gasteiger partial charge in [0.15, 0.2) is 6.20 Å². The molecule has 0 fully saturated rings. The van der Waals surface area contributed by atoms with Crippen LogP contribution in [0.4, 0.5) is 5.69 Å². The smallest absolute Gasteiger partial charge is 0.286 e. The number of thioether (sulfide) groups is 1. The Bertz CT molecular complexity index is 1130. The van der Waals surface area contributed by atoms with Gasteiger partial charge in [-0.15, -0.1) is 0 Å². The Morgan fingerprint density at radius 3 is 2.64 bits per heavy atom. The van der Waals surface area contributed by atoms with E-state index in [0.717, 1.165) is 55.2 Å². The standard InChI is InChI=1S/C26H30N4OS.ClH/c1-29-23-12-6-7-13-24(23)32-26(29)18-20-14-17-30(22-11-5-4-10-21(20)22)19-25(31)28-16-9-3-2-8-15-27;/h4-7,10-14,17-18H,2-3,8-9,15-16,19,27H2,1H3;1H. The molecule has 2 aromatic carbocycles. The van der Waals surface area contributed by atoms with Crippen molar-refractivity contribution in [1.29, 1.82) is 0 Å². The number of aromatic nitrogens is 1. The zero-order valence-corrected chi connectivity index (χ0v) is 20.5. The van der Waals surface area contributed by atoms with Gasteiger partial charge in [0.1, 0.15) is 0 Å². The van der Waals surface area contributed by atoms with Crippen molar-refractivity contribution >= 4 is 40.3 Å². The summed E-state index contributed by atoms with van der Waals surface area (Å²) in [6.45, 7) is 1.78. The Kier molecular flexibility index (Phi) is 9.18. The monoisotopic (exact) mass is 482 g/mol. The van der Waals surface area contributed by atoms with Gasteiger partial charge in [0.2, 0.25) is 12.1 Å². The Morgan fingerprint density at radius 1 is 1.06 bits per heavy atom. The molecule has 0 aliphatic carbocycles. The molecule has 0 bridgehead atoms. The third-order valence-corrected chi connectivity index (χ3v) is 6.94. The van der Waals surface area contributed by atoms with E-state index in [0.29, 0.717) is 6.54 Å². The van der Waals surface area contributed by atoms with E-state index in [-0.39, 0.29) is 18.3 Å². The summed E-state index contributed by atoms with van der Waals surface area (Å²) in [7, 11) is 2.11. The molecule has 1 aliphatic heterocycles. The Balaban J connectivity index is 0.00000306. The van der Waals surface area contributed by atoms with Crippen LogP contribution >= 0.6 is 11.8 Å². The number of carbonyl (C=O) groups is 1. The lowest BCUT2D eigenvalue weighted by Crippen LogP contribution is -3.00. The van der Waals surface area contributed by atoms with E-state index < -0.39 is 0 Å². The van der Waals surface area contributed by atoms with Crippen molar-refractivity contribution in [1.82, 2.24) is 5.32 Å². The Hall–Kier alpha value is -2.54. The van der Waals surface area contributed by atoms with Gasteiger partial charge < -0.3 is 28.4 Å². The van der Waals surface area contributed by atoms with Gasteiger partial charge in [-0.3, -0.25) is 4.79 Å². The van der Waals surface area contributed by atoms with Gasteiger partial charge in [-0.05, 0) is 49.2 Å². The molecule has 0 saturated heterocycles. The zero-order valence-electron chi connectivity index (χ0n) is 19.0. The molecular formula is C26H31ClN4OS. The summed E-state index contributed by atoms with van der Waals surface area (Å²) < 4.78 is 2.03. The molecule has 0 spiro atoms. The first-order valence-electron chi connectivity index (χ1n) is 11.3. The number of amides is 1. The maximum Gasteiger partial charge on any atom is 0.286 e. The number of unbranched alkanes of at least 4 members (excludes halogenated alkanes) is 3. The van der Waals surface area contributed by atoms with Crippen molar-refractivity contribution in [2.75, 3.05) is 25.0 Å². The summed E-state index contributed by atoms with van der Waals surface area (Å²) in [4.78, 5) is 16.0. The van der Waals surface area contributed by atoms with E-state index in [1.54, 1.807) is 11.8 Å². The SMILES string of the molecule is CN1/C(=C/c2cc[n+](CC(=O)NCCCCCCN)c3ccccc23)Sc2ccccc21.[Cl-]. The van der Waals surface area contributed by atoms with Gasteiger partial charge in [-0.2, -0.15) is 4.57 Å². The summed E-state index contributed by atoms with van der Waals surface area (Å²) in [5.74, 6) is 0.0478. The first-order chi connectivity index (χ1) is 15.7. The summed E-state index contributed by atoms with van der Waals surface area (Å²) in [5.41, 5.74) is 8.97. The molecule has 4 rings (SSSR count). The first kappa shape index (κ1) is 25.1. The Morgan fingerprint density at radius 2 is 1.82 bits per heavy atom. The van der Waals surface area contributed by atoms with Crippen LogP contribution in [0.5, 0.6) is 0 Å². The quantitative estimate of drug-likeness (QED) is 0.356. The fraction of sp³-hybridized carbons (Fsp3) is 0.308. The Labute approximate surface area is 206 Å². The molecule has 1 aliphatic rings. The van der Waals surface area contributed by atoms with Gasteiger partial charge in [0, 0.05) is 30.6 Å². The molecule has 0 atom stereocenters. The highest BCUT2D eigenvalue weighted by Crippen LogP contribution is 2.45. The van der Waals surface area contributed by atoms with Crippen molar-refractivity contribution < 1.29 is 21.8 Å². The first-order valence-corrected chi connectivity index (χ1v) is 12.1. The average molecular weight is 483 g/mol. The number of halogens is 1. The van der Waals surface area contributed by atoms with Crippen LogP contribution in [0.2, 0.25) is 0 Å². The minimum absolute atomic E-state index is 0. The minimum Gasteiger partial charge on any atom is -1.00 e. The highest BCUT2D eigenvalue weighted by atomic mass is 35.5. The lowest BCUT2D eigenvalue weighted by molar-refractivity contribution is -0.658. The van der Waals surface area contributed by atoms with E-state index in [1.165, 1.54) is 15.6 Å². The number of nitrogens with zero attached hydrogens (tertiary/aromatic N) is 2. The van der Waals surface area contributed by atoms with Crippen LogP contribution in [-0.4, -0.2) is 26.0 Å². The highest BCUT2D eigenvalue weighted by Gasteiger charge is 2.22. The van der Waals surface area contributed by atoms with Crippen LogP contribution in [0.3, 0.4) is 0 Å². The van der Waals surface area contributed by atoms with Crippen LogP contribution in [0.25, 0.3) is 17.0 Å². The fourth-order valence-corrected chi connectivity index (χ4v) is 5.12. The number of nitrogens with two attached hydrogens (primary N) is 1. The molecule has 3 aromatic rings. The van der Waals surface area contributed by atoms with Crippen molar-refractivity contribution in [3.05, 3.63) is 71.4 Å². The summed E-state index contributed by atoms with van der Waals surface area (Å²) in [6, 6.07) is 18.8. The number of pyridine rings is 1. The molecule has 2 heterocycles. The number of anilines is 1. The third kappa shape index (κ3) is 6.08. The van der Waals surface area contributed by atoms with E-state index in [2.05, 4.69) is 71.9 Å². The molecular weight excluding hydrogens is 452 g/mol. The van der Waals surface area contributed by atoms with Crippen LogP contribution in [-0.2, 0) is 11.3 Å². The molecule has 1 amide bonds. The summed E-state index contributed by atoms with van der Waals surface area (Å²) >= 11 is 1.79. The molecule has 5 nitrogen and oxygen atoms in total. The number of carbonyl (C=O) groups excluding carboxylic acids is 1. The van der Waals surface area contributed by atoms with E-state index in [1.807, 2.05) is 16.8 Å². The number of nitrogens with one attached hydrogen (secondary N) is 1. The summed E-state index contributed by atoms with van der Waals surface area (Å²) in [6.07, 6.45) is 8.53. The topological polar surface area (TPSA) is 62.2 Å². The third-order valence-electron chi connectivity index (χ3n) is 5.78. The van der Waals surface area contributed by atoms with Crippen LogP contribution < -0.4 is 32.9 Å². The van der Waals surface area contributed by atoms with E-state index in [4.69, 9.17) is 5.73 Å². The maximum atomic E-state index is 12.5. The number of rotatable bonds is 9. The number of benzene rings is 2. The molecule has 0 radical (unpaired) electrons. The second kappa shape index (κ2) is 12.1. The van der Waals surface area contributed by atoms with Gasteiger partial charge in [0.05, 0.1) is 16.1 Å². The molecule has 7 heteroatoms. The van der Waals surface area contributed by atoms with Crippen molar-refractivity contribution in [2.24, 2.45) is 5.73 Å². The summed E-state index contributed by atoms with van der Waals surface area (Å²) in [5, 5.41) is 5.39. The molecule has 174 valence electrons. The minimum atomic E-state index is 0. The second-order valence-corrected chi connectivity index (χ2v) is 9.14. The van der Waals surface area contributed by atoms with E-state index in [9.17, 15) is 4.79 Å². The molecule has 33 heavy (non-hydrogen) atoms. The van der Waals surface area contributed by atoms with Crippen LogP contribution in [0, 0.1) is 0 Å². The predicted molar refractivity (Wildman–Crippen MR) is 133 cm³/mol. The molecule has 3 N–H and O–H groups in total. The second-order valence-electron chi connectivity index (χ2n) is 8.08. The number of hydrogen-bond donors (Lipinski definition) is 2. The molecule has 0 saturated carbocycles. The predicted octanol–water partition coefficient (Wildman–Crippen LogP) is 1.31. The van der Waals surface area contributed by atoms with Gasteiger partial charge in [-0.1, -0.05) is 48.9 Å². The lowest BCUT2D eigenvalue weighted by atomic mass is 10.1. The number of hydrogen-bond acceptors (Lipinski definition) is 4. The molecule has 0 unspecified atom stereocenters. The van der Waals surface area contributed by atoms with Gasteiger partial charge in [0.25, 0.3) is 5.91 Å². The highest BCUT2D eigenvalue weighted by molar-refractivity contribution is 8.03. The van der Waals surface area contributed by atoms with Gasteiger partial charge in [-0.25, -0.2) is 0 Å². The number of fused-ring (bicyclic) bond motifs is 2. The largest absolute Gasteiger partial charge is 1.00 e. The van der Waals surface area contributed by atoms with Crippen molar-refractivity contribution in [3.8, 4) is 0 Å². The van der Waals surface area contributed by atoms with Crippen molar-refractivity contribution in [3.63, 3.8) is 0 Å². The molecule has 1 aromatic heterocycles. The lowest BCUT2D eigenvalue weighted by Gasteiger charge is -2.13. The normalized spacial score (nSPS) is 13.8. The van der Waals surface area contributed by atoms with Crippen molar-refractivity contribution in [2.45, 2.75) is 37.1 Å². The fourth-order valence-electron chi connectivity index (χ4n) is 4.01. The average Bonchev–Trinajstić information content (AvgIpc) is 3.13. The van der Waals surface area contributed by atoms with Gasteiger partial charge >= 0.3 is 0 Å². The van der Waals surface area contributed by atoms with E-state index >= 15 is 0 Å². The maximum absolute atomic E-state index is 12.5.